The zero-order valence-electron chi connectivity index (χ0n) is 29.9. The first-order chi connectivity index (χ1) is 24.7. The van der Waals surface area contributed by atoms with Crippen LogP contribution in [0.2, 0.25) is 0 Å². The summed E-state index contributed by atoms with van der Waals surface area (Å²) in [6.07, 6.45) is 9.88. The van der Waals surface area contributed by atoms with Crippen LogP contribution in [-0.2, 0) is 16.6 Å². The quantitative estimate of drug-likeness (QED) is 0.120. The van der Waals surface area contributed by atoms with Gasteiger partial charge in [-0.3, -0.25) is 5.32 Å². The van der Waals surface area contributed by atoms with Crippen LogP contribution in [0.1, 0.15) is 110 Å². The van der Waals surface area contributed by atoms with Crippen molar-refractivity contribution in [2.75, 3.05) is 5.32 Å². The van der Waals surface area contributed by atoms with Crippen molar-refractivity contribution in [2.24, 2.45) is 23.2 Å². The highest BCUT2D eigenvalue weighted by Gasteiger charge is 2.58. The summed E-state index contributed by atoms with van der Waals surface area (Å²) < 4.78 is 81.7. The summed E-state index contributed by atoms with van der Waals surface area (Å²) >= 11 is 0. The van der Waals surface area contributed by atoms with Crippen LogP contribution in [0.15, 0.2) is 40.0 Å². The number of aliphatic hydroxyl groups is 2. The molecular weight excluding hydrogens is 685 g/mol. The molecule has 1 amide bonds. The number of benzene rings is 1. The predicted molar refractivity (Wildman–Crippen MR) is 182 cm³/mol. The number of rotatable bonds is 11. The van der Waals surface area contributed by atoms with Crippen LogP contribution >= 0.6 is 0 Å². The number of ether oxygens (including phenoxy) is 1. The maximum Gasteiger partial charge on any atom is 0.412 e. The lowest BCUT2D eigenvalue weighted by Crippen LogP contribution is -2.37. The van der Waals surface area contributed by atoms with Crippen LogP contribution in [0, 0.1) is 52.3 Å². The van der Waals surface area contributed by atoms with E-state index in [0.29, 0.717) is 74.1 Å². The van der Waals surface area contributed by atoms with Crippen molar-refractivity contribution < 1.29 is 46.2 Å². The minimum atomic E-state index is -2.33. The fraction of sp³-hybridized carbons (Fsp3) is 0.615. The normalized spacial score (nSPS) is 29.6. The van der Waals surface area contributed by atoms with Gasteiger partial charge in [0.1, 0.15) is 11.8 Å². The van der Waals surface area contributed by atoms with Crippen molar-refractivity contribution in [1.29, 1.82) is 0 Å². The van der Waals surface area contributed by atoms with Crippen molar-refractivity contribution in [3.63, 3.8) is 0 Å². The Labute approximate surface area is 300 Å². The molecule has 4 aliphatic rings. The SMILES string of the molecule is C=C1C(=CC=C2CCC[C@]3(C)[C@@H]([C@H](C)CC[C@H](OC(=O)Nc4c(F)c(F)c(F)c(F)c4F)C4(c5nc(CCC)no5)CC4)CC[C@@H]23)C[C@@H](O)C[C@@H]1O. The molecule has 0 saturated heterocycles. The largest absolute Gasteiger partial charge is 0.445 e. The fourth-order valence-corrected chi connectivity index (χ4v) is 9.31. The summed E-state index contributed by atoms with van der Waals surface area (Å²) in [4.78, 5) is 17.7. The van der Waals surface area contributed by atoms with E-state index in [9.17, 15) is 37.0 Å². The Balaban J connectivity index is 1.19. The lowest BCUT2D eigenvalue weighted by molar-refractivity contribution is 0.0526. The molecule has 4 saturated carbocycles. The summed E-state index contributed by atoms with van der Waals surface area (Å²) in [6, 6.07) is 0. The molecule has 4 aliphatic carbocycles. The summed E-state index contributed by atoms with van der Waals surface area (Å²) in [5.41, 5.74) is 0.590. The molecule has 8 nitrogen and oxygen atoms in total. The molecule has 7 atom stereocenters. The van der Waals surface area contributed by atoms with Crippen molar-refractivity contribution in [1.82, 2.24) is 10.1 Å². The fourth-order valence-electron chi connectivity index (χ4n) is 9.31. The summed E-state index contributed by atoms with van der Waals surface area (Å²) in [5.74, 6) is -9.31. The van der Waals surface area contributed by atoms with E-state index in [1.807, 2.05) is 13.0 Å². The van der Waals surface area contributed by atoms with Gasteiger partial charge in [-0.15, -0.1) is 0 Å². The maximum atomic E-state index is 14.4. The summed E-state index contributed by atoms with van der Waals surface area (Å²) in [5, 5.41) is 26.3. The van der Waals surface area contributed by atoms with Crippen LogP contribution < -0.4 is 5.32 Å². The van der Waals surface area contributed by atoms with Gasteiger partial charge in [-0.25, -0.2) is 26.7 Å². The van der Waals surface area contributed by atoms with E-state index < -0.39 is 64.6 Å². The second-order valence-corrected chi connectivity index (χ2v) is 15.6. The highest BCUT2D eigenvalue weighted by atomic mass is 19.2. The molecule has 0 aliphatic heterocycles. The van der Waals surface area contributed by atoms with Gasteiger partial charge >= 0.3 is 6.09 Å². The number of nitrogens with zero attached hydrogens (tertiary/aromatic N) is 2. The number of allylic oxidation sites excluding steroid dienone is 3. The van der Waals surface area contributed by atoms with E-state index in [0.717, 1.165) is 44.1 Å². The van der Waals surface area contributed by atoms with E-state index in [1.54, 1.807) is 5.32 Å². The van der Waals surface area contributed by atoms with Crippen molar-refractivity contribution in [2.45, 2.75) is 128 Å². The molecule has 0 radical (unpaired) electrons. The van der Waals surface area contributed by atoms with Gasteiger partial charge in [0, 0.05) is 12.8 Å². The molecule has 1 heterocycles. The second-order valence-electron chi connectivity index (χ2n) is 15.6. The number of hydrogen-bond acceptors (Lipinski definition) is 7. The van der Waals surface area contributed by atoms with Crippen LogP contribution in [0.3, 0.4) is 0 Å². The van der Waals surface area contributed by atoms with Gasteiger partial charge < -0.3 is 19.5 Å². The molecule has 1 aromatic carbocycles. The molecule has 0 bridgehead atoms. The Kier molecular flexibility index (Phi) is 11.0. The Morgan fingerprint density at radius 2 is 1.75 bits per heavy atom. The Bertz CT molecular complexity index is 1730. The summed E-state index contributed by atoms with van der Waals surface area (Å²) in [7, 11) is 0. The van der Waals surface area contributed by atoms with Gasteiger partial charge in [-0.1, -0.05) is 50.2 Å². The number of amides is 1. The second kappa shape index (κ2) is 15.0. The van der Waals surface area contributed by atoms with E-state index in [-0.39, 0.29) is 11.3 Å². The number of aromatic nitrogens is 2. The van der Waals surface area contributed by atoms with Crippen molar-refractivity contribution in [3.8, 4) is 0 Å². The average molecular weight is 734 g/mol. The lowest BCUT2D eigenvalue weighted by atomic mass is 9.60. The zero-order valence-corrected chi connectivity index (χ0v) is 29.9. The highest BCUT2D eigenvalue weighted by Crippen LogP contribution is 2.60. The number of aryl methyl sites for hydroxylation is 1. The molecule has 6 rings (SSSR count). The number of halogens is 5. The molecule has 0 spiro atoms. The first-order valence-corrected chi connectivity index (χ1v) is 18.5. The van der Waals surface area contributed by atoms with E-state index in [1.165, 1.54) is 5.57 Å². The van der Waals surface area contributed by atoms with Gasteiger partial charge in [-0.2, -0.15) is 4.98 Å². The Morgan fingerprint density at radius 3 is 2.42 bits per heavy atom. The topological polar surface area (TPSA) is 118 Å². The molecule has 0 unspecified atom stereocenters. The van der Waals surface area contributed by atoms with Crippen molar-refractivity contribution >= 4 is 11.8 Å². The van der Waals surface area contributed by atoms with Gasteiger partial charge in [0.15, 0.2) is 29.1 Å². The third kappa shape index (κ3) is 7.19. The maximum absolute atomic E-state index is 14.4. The number of carbonyl (C=O) groups is 1. The first kappa shape index (κ1) is 38.2. The molecule has 4 fully saturated rings. The number of aliphatic hydroxyl groups excluding tert-OH is 2. The van der Waals surface area contributed by atoms with Crippen LogP contribution in [0.4, 0.5) is 32.4 Å². The first-order valence-electron chi connectivity index (χ1n) is 18.5. The van der Waals surface area contributed by atoms with E-state index in [2.05, 4.69) is 36.6 Å². The number of carbonyl (C=O) groups excluding carboxylic acids is 1. The molecular formula is C39H48F5N3O5. The minimum Gasteiger partial charge on any atom is -0.445 e. The standard InChI is InChI=1S/C39H48F5N3O5/c1-5-7-29-45-36(52-47-29)39(16-17-39)28(51-37(50)46-35-33(43)31(41)30(40)32(42)34(35)44)14-9-20(2)25-12-13-26-22(8-6-15-38(25,26)4)10-11-23-18-24(48)19-27(49)21(23)3/h10-11,20,24-28,48-49H,3,5-9,12-19H2,1-2,4H3,(H,46,50)/t20-,24-,25-,26+,27+,28+,38-/m1/s1. The number of hydrogen-bond donors (Lipinski definition) is 3. The molecule has 3 N–H and O–H groups in total. The highest BCUT2D eigenvalue weighted by molar-refractivity contribution is 5.85. The smallest absolute Gasteiger partial charge is 0.412 e. The van der Waals surface area contributed by atoms with Crippen LogP contribution in [0.5, 0.6) is 0 Å². The summed E-state index contributed by atoms with van der Waals surface area (Å²) in [6.45, 7) is 10.6. The van der Waals surface area contributed by atoms with Crippen molar-refractivity contribution in [3.05, 3.63) is 76.3 Å². The number of nitrogens with one attached hydrogen (secondary N) is 1. The van der Waals surface area contributed by atoms with Crippen LogP contribution in [-0.4, -0.2) is 44.8 Å². The zero-order chi connectivity index (χ0) is 37.5. The van der Waals surface area contributed by atoms with E-state index >= 15 is 0 Å². The predicted octanol–water partition coefficient (Wildman–Crippen LogP) is 8.92. The van der Waals surface area contributed by atoms with Gasteiger partial charge in [-0.05, 0) is 105 Å². The molecule has 284 valence electrons. The monoisotopic (exact) mass is 733 g/mol. The average Bonchev–Trinajstić information content (AvgIpc) is 3.64. The van der Waals surface area contributed by atoms with Gasteiger partial charge in [0.25, 0.3) is 0 Å². The Hall–Kier alpha value is -3.58. The molecule has 52 heavy (non-hydrogen) atoms. The van der Waals surface area contributed by atoms with Crippen LogP contribution in [0.25, 0.3) is 0 Å². The lowest BCUT2D eigenvalue weighted by Gasteiger charge is -2.44. The number of fused-ring (bicyclic) bond motifs is 1. The Morgan fingerprint density at radius 1 is 1.06 bits per heavy atom. The van der Waals surface area contributed by atoms with Gasteiger partial charge in [0.2, 0.25) is 11.7 Å². The third-order valence-corrected chi connectivity index (χ3v) is 12.3. The number of anilines is 1. The minimum absolute atomic E-state index is 0.0168. The molecule has 2 aromatic rings. The molecule has 1 aromatic heterocycles. The third-order valence-electron chi connectivity index (χ3n) is 12.3. The van der Waals surface area contributed by atoms with Gasteiger partial charge in [0.05, 0.1) is 17.6 Å². The van der Waals surface area contributed by atoms with E-state index in [4.69, 9.17) is 9.26 Å². The molecule has 13 heteroatoms.